The highest BCUT2D eigenvalue weighted by Gasteiger charge is 2.30. The zero-order valence-electron chi connectivity index (χ0n) is 12.2. The van der Waals surface area contributed by atoms with Crippen molar-refractivity contribution in [2.24, 2.45) is 5.92 Å². The predicted octanol–water partition coefficient (Wildman–Crippen LogP) is 3.30. The third-order valence-corrected chi connectivity index (χ3v) is 4.78. The summed E-state index contributed by atoms with van der Waals surface area (Å²) in [6.45, 7) is 1.86. The van der Waals surface area contributed by atoms with Gasteiger partial charge in [-0.1, -0.05) is 12.8 Å². The average molecular weight is 319 g/mol. The lowest BCUT2D eigenvalue weighted by molar-refractivity contribution is -0.139. The molecule has 6 heteroatoms. The highest BCUT2D eigenvalue weighted by Crippen LogP contribution is 2.34. The van der Waals surface area contributed by atoms with Gasteiger partial charge >= 0.3 is 5.97 Å². The molecule has 2 aromatic heterocycles. The second kappa shape index (κ2) is 5.96. The number of carboxylic acids is 1. The molecule has 1 aliphatic carbocycles. The Hall–Kier alpha value is -2.08. The van der Waals surface area contributed by atoms with Crippen molar-refractivity contribution in [3.8, 4) is 10.6 Å². The molecule has 0 radical (unpaired) electrons. The first kappa shape index (κ1) is 14.8. The molecule has 0 aliphatic heterocycles. The van der Waals surface area contributed by atoms with E-state index in [1.807, 2.05) is 25.1 Å². The van der Waals surface area contributed by atoms with Crippen LogP contribution in [0.3, 0.4) is 0 Å². The molecule has 2 aromatic rings. The van der Waals surface area contributed by atoms with Gasteiger partial charge in [-0.3, -0.25) is 4.79 Å². The first-order valence-corrected chi connectivity index (χ1v) is 8.05. The molecule has 0 bridgehead atoms. The monoisotopic (exact) mass is 319 g/mol. The molecule has 1 atom stereocenters. The van der Waals surface area contributed by atoms with E-state index in [0.29, 0.717) is 23.0 Å². The lowest BCUT2D eigenvalue weighted by atomic mass is 10.1. The first-order chi connectivity index (χ1) is 10.5. The highest BCUT2D eigenvalue weighted by atomic mass is 32.1. The van der Waals surface area contributed by atoms with Crippen LogP contribution in [0.1, 0.15) is 34.7 Å². The first-order valence-electron chi connectivity index (χ1n) is 7.23. The maximum atomic E-state index is 12.2. The molecule has 1 amide bonds. The number of carbonyl (C=O) groups is 2. The quantitative estimate of drug-likeness (QED) is 0.856. The van der Waals surface area contributed by atoms with E-state index < -0.39 is 12.0 Å². The number of thiophene rings is 1. The summed E-state index contributed by atoms with van der Waals surface area (Å²) in [6.07, 6.45) is 2.62. The average Bonchev–Trinajstić information content (AvgIpc) is 2.98. The normalized spacial score (nSPS) is 15.5. The van der Waals surface area contributed by atoms with E-state index in [-0.39, 0.29) is 5.91 Å². The molecular formula is C16H17NO4S. The van der Waals surface area contributed by atoms with Gasteiger partial charge in [0.05, 0.1) is 9.75 Å². The third kappa shape index (κ3) is 3.39. The second-order valence-corrected chi connectivity index (χ2v) is 6.70. The lowest BCUT2D eigenvalue weighted by Gasteiger charge is -2.13. The van der Waals surface area contributed by atoms with Crippen LogP contribution >= 0.6 is 11.3 Å². The van der Waals surface area contributed by atoms with Gasteiger partial charge in [0.1, 0.15) is 17.6 Å². The van der Waals surface area contributed by atoms with Gasteiger partial charge in [0.2, 0.25) is 0 Å². The number of carbonyl (C=O) groups excluding carboxylic acids is 1. The summed E-state index contributed by atoms with van der Waals surface area (Å²) in [5, 5.41) is 11.8. The zero-order valence-corrected chi connectivity index (χ0v) is 13.0. The van der Waals surface area contributed by atoms with Crippen LogP contribution in [0.4, 0.5) is 0 Å². The Morgan fingerprint density at radius 1 is 1.36 bits per heavy atom. The van der Waals surface area contributed by atoms with E-state index in [1.165, 1.54) is 11.3 Å². The van der Waals surface area contributed by atoms with Gasteiger partial charge in [0, 0.05) is 0 Å². The number of hydrogen-bond donors (Lipinski definition) is 2. The number of nitrogens with one attached hydrogen (secondary N) is 1. The van der Waals surface area contributed by atoms with Crippen LogP contribution in [-0.4, -0.2) is 23.0 Å². The van der Waals surface area contributed by atoms with Crippen LogP contribution in [0.2, 0.25) is 0 Å². The van der Waals surface area contributed by atoms with Crippen molar-refractivity contribution in [3.05, 3.63) is 34.9 Å². The fourth-order valence-electron chi connectivity index (χ4n) is 2.30. The standard InChI is InChI=1S/C16H17NO4S/c1-9-2-5-12(21-9)13-6-7-14(22-13)15(18)17-11(16(19)20)8-10-3-4-10/h2,5-7,10-11H,3-4,8H2,1H3,(H,17,18)(H,19,20). The van der Waals surface area contributed by atoms with E-state index in [4.69, 9.17) is 4.42 Å². The van der Waals surface area contributed by atoms with Gasteiger partial charge in [-0.2, -0.15) is 0 Å². The molecule has 1 saturated carbocycles. The van der Waals surface area contributed by atoms with E-state index in [9.17, 15) is 14.7 Å². The van der Waals surface area contributed by atoms with E-state index in [1.54, 1.807) is 6.07 Å². The van der Waals surface area contributed by atoms with Crippen LogP contribution in [-0.2, 0) is 4.79 Å². The lowest BCUT2D eigenvalue weighted by Crippen LogP contribution is -2.40. The Balaban J connectivity index is 1.69. The molecular weight excluding hydrogens is 302 g/mol. The van der Waals surface area contributed by atoms with Crippen LogP contribution in [0, 0.1) is 12.8 Å². The molecule has 3 rings (SSSR count). The maximum Gasteiger partial charge on any atom is 0.326 e. The van der Waals surface area contributed by atoms with E-state index >= 15 is 0 Å². The zero-order chi connectivity index (χ0) is 15.7. The number of amides is 1. The van der Waals surface area contributed by atoms with Crippen molar-refractivity contribution < 1.29 is 19.1 Å². The summed E-state index contributed by atoms with van der Waals surface area (Å²) in [4.78, 5) is 24.8. The smallest absolute Gasteiger partial charge is 0.326 e. The largest absolute Gasteiger partial charge is 0.480 e. The summed E-state index contributed by atoms with van der Waals surface area (Å²) >= 11 is 1.30. The molecule has 5 nitrogen and oxygen atoms in total. The number of furan rings is 1. The number of aliphatic carboxylic acids is 1. The fourth-order valence-corrected chi connectivity index (χ4v) is 3.17. The van der Waals surface area contributed by atoms with Crippen LogP contribution in [0.15, 0.2) is 28.7 Å². The molecule has 0 spiro atoms. The summed E-state index contributed by atoms with van der Waals surface area (Å²) in [7, 11) is 0. The minimum Gasteiger partial charge on any atom is -0.480 e. The molecule has 2 N–H and O–H groups in total. The predicted molar refractivity (Wildman–Crippen MR) is 83.0 cm³/mol. The van der Waals surface area contributed by atoms with Crippen LogP contribution in [0.5, 0.6) is 0 Å². The molecule has 22 heavy (non-hydrogen) atoms. The Kier molecular flexibility index (Phi) is 4.02. The summed E-state index contributed by atoms with van der Waals surface area (Å²) in [5.74, 6) is 0.650. The maximum absolute atomic E-state index is 12.2. The Morgan fingerprint density at radius 3 is 2.73 bits per heavy atom. The molecule has 0 saturated heterocycles. The van der Waals surface area contributed by atoms with Gasteiger partial charge in [-0.25, -0.2) is 4.79 Å². The summed E-state index contributed by atoms with van der Waals surface area (Å²) in [6, 6.07) is 6.43. The third-order valence-electron chi connectivity index (χ3n) is 3.68. The Bertz CT molecular complexity index is 699. The number of carboxylic acid groups (broad SMARTS) is 1. The summed E-state index contributed by atoms with van der Waals surface area (Å²) < 4.78 is 5.53. The van der Waals surface area contributed by atoms with Crippen molar-refractivity contribution in [3.63, 3.8) is 0 Å². The molecule has 116 valence electrons. The van der Waals surface area contributed by atoms with Crippen LogP contribution < -0.4 is 5.32 Å². The molecule has 2 heterocycles. The summed E-state index contributed by atoms with van der Waals surface area (Å²) in [5.41, 5.74) is 0. The molecule has 1 unspecified atom stereocenters. The van der Waals surface area contributed by atoms with Crippen molar-refractivity contribution in [1.82, 2.24) is 5.32 Å². The van der Waals surface area contributed by atoms with E-state index in [0.717, 1.165) is 23.5 Å². The Labute approximate surface area is 132 Å². The highest BCUT2D eigenvalue weighted by molar-refractivity contribution is 7.17. The van der Waals surface area contributed by atoms with Crippen molar-refractivity contribution in [1.29, 1.82) is 0 Å². The number of hydrogen-bond acceptors (Lipinski definition) is 4. The number of rotatable bonds is 6. The van der Waals surface area contributed by atoms with Crippen molar-refractivity contribution >= 4 is 23.2 Å². The number of aryl methyl sites for hydroxylation is 1. The minimum absolute atomic E-state index is 0.340. The van der Waals surface area contributed by atoms with E-state index in [2.05, 4.69) is 5.32 Å². The van der Waals surface area contributed by atoms with Gasteiger partial charge in [-0.15, -0.1) is 11.3 Å². The molecule has 1 fully saturated rings. The van der Waals surface area contributed by atoms with Crippen molar-refractivity contribution in [2.45, 2.75) is 32.2 Å². The van der Waals surface area contributed by atoms with Gasteiger partial charge in [-0.05, 0) is 43.5 Å². The fraction of sp³-hybridized carbons (Fsp3) is 0.375. The topological polar surface area (TPSA) is 79.5 Å². The van der Waals surface area contributed by atoms with Gasteiger partial charge < -0.3 is 14.8 Å². The Morgan fingerprint density at radius 2 is 2.14 bits per heavy atom. The van der Waals surface area contributed by atoms with Crippen LogP contribution in [0.25, 0.3) is 10.6 Å². The van der Waals surface area contributed by atoms with Crippen molar-refractivity contribution in [2.75, 3.05) is 0 Å². The molecule has 0 aromatic carbocycles. The van der Waals surface area contributed by atoms with Gasteiger partial charge in [0.15, 0.2) is 0 Å². The minimum atomic E-state index is -0.973. The molecule has 1 aliphatic rings. The SMILES string of the molecule is Cc1ccc(-c2ccc(C(=O)NC(CC3CC3)C(=O)O)s2)o1. The second-order valence-electron chi connectivity index (χ2n) is 5.62. The van der Waals surface area contributed by atoms with Gasteiger partial charge in [0.25, 0.3) is 5.91 Å².